The number of ether oxygens (including phenoxy) is 1. The van der Waals surface area contributed by atoms with Gasteiger partial charge in [-0.3, -0.25) is 9.79 Å². The van der Waals surface area contributed by atoms with Crippen molar-refractivity contribution in [3.8, 4) is 0 Å². The molecule has 31 heavy (non-hydrogen) atoms. The van der Waals surface area contributed by atoms with Gasteiger partial charge in [0.15, 0.2) is 5.96 Å². The molecule has 6 heteroatoms. The van der Waals surface area contributed by atoms with Crippen molar-refractivity contribution in [2.45, 2.75) is 32.8 Å². The minimum atomic E-state index is -0.0652. The van der Waals surface area contributed by atoms with E-state index in [1.54, 1.807) is 0 Å². The molecule has 1 heterocycles. The highest BCUT2D eigenvalue weighted by molar-refractivity contribution is 5.94. The second kappa shape index (κ2) is 12.1. The molecule has 3 rings (SSSR count). The average Bonchev–Trinajstić information content (AvgIpc) is 2.81. The smallest absolute Gasteiger partial charge is 0.251 e. The minimum Gasteiger partial charge on any atom is -0.373 e. The maximum absolute atomic E-state index is 12.1. The van der Waals surface area contributed by atoms with Gasteiger partial charge in [-0.05, 0) is 44.4 Å². The zero-order valence-electron chi connectivity index (χ0n) is 18.6. The van der Waals surface area contributed by atoms with Crippen molar-refractivity contribution in [3.63, 3.8) is 0 Å². The summed E-state index contributed by atoms with van der Waals surface area (Å²) in [6.45, 7) is 7.56. The van der Waals surface area contributed by atoms with E-state index in [1.807, 2.05) is 37.3 Å². The summed E-state index contributed by atoms with van der Waals surface area (Å²) in [6.07, 6.45) is 2.26. The molecule has 3 N–H and O–H groups in total. The minimum absolute atomic E-state index is 0.0652. The standard InChI is InChI=1S/C25H34N4O2/c1-3-26-25(28-16-15-27-24(30)21-8-5-4-6-9-21)29-18-22-10-7-17-31-23(22)20-13-11-19(2)12-14-20/h4-6,8-9,11-14,22-23H,3,7,10,15-18H2,1-2H3,(H,27,30)(H2,26,28,29). The Morgan fingerprint density at radius 1 is 1.03 bits per heavy atom. The van der Waals surface area contributed by atoms with Gasteiger partial charge in [-0.15, -0.1) is 0 Å². The molecule has 0 saturated carbocycles. The Morgan fingerprint density at radius 2 is 1.77 bits per heavy atom. The second-order valence-corrected chi connectivity index (χ2v) is 7.87. The Hall–Kier alpha value is -2.86. The van der Waals surface area contributed by atoms with Crippen molar-refractivity contribution in [1.82, 2.24) is 16.0 Å². The van der Waals surface area contributed by atoms with Crippen molar-refractivity contribution in [3.05, 3.63) is 71.3 Å². The lowest BCUT2D eigenvalue weighted by atomic mass is 9.89. The van der Waals surface area contributed by atoms with Gasteiger partial charge in [0, 0.05) is 44.3 Å². The molecule has 0 spiro atoms. The molecule has 0 aliphatic carbocycles. The van der Waals surface area contributed by atoms with Gasteiger partial charge in [0.05, 0.1) is 6.10 Å². The molecule has 1 saturated heterocycles. The van der Waals surface area contributed by atoms with Crippen LogP contribution >= 0.6 is 0 Å². The Morgan fingerprint density at radius 3 is 2.52 bits per heavy atom. The molecule has 1 amide bonds. The van der Waals surface area contributed by atoms with Gasteiger partial charge in [-0.25, -0.2) is 0 Å². The third-order valence-electron chi connectivity index (χ3n) is 5.42. The molecule has 0 aromatic heterocycles. The highest BCUT2D eigenvalue weighted by Gasteiger charge is 2.27. The lowest BCUT2D eigenvalue weighted by molar-refractivity contribution is -0.0250. The fraction of sp³-hybridized carbons (Fsp3) is 0.440. The van der Waals surface area contributed by atoms with E-state index in [0.717, 1.165) is 32.0 Å². The van der Waals surface area contributed by atoms with Gasteiger partial charge in [0.25, 0.3) is 5.91 Å². The average molecular weight is 423 g/mol. The number of benzene rings is 2. The molecule has 0 bridgehead atoms. The van der Waals surface area contributed by atoms with Gasteiger partial charge in [-0.1, -0.05) is 48.0 Å². The molecular weight excluding hydrogens is 388 g/mol. The van der Waals surface area contributed by atoms with Crippen LogP contribution in [0.2, 0.25) is 0 Å². The molecule has 1 aliphatic rings. The van der Waals surface area contributed by atoms with Crippen LogP contribution in [0.15, 0.2) is 59.6 Å². The van der Waals surface area contributed by atoms with Crippen LogP contribution in [0.5, 0.6) is 0 Å². The van der Waals surface area contributed by atoms with Crippen molar-refractivity contribution in [1.29, 1.82) is 0 Å². The van der Waals surface area contributed by atoms with E-state index in [0.29, 0.717) is 31.1 Å². The predicted octanol–water partition coefficient (Wildman–Crippen LogP) is 3.45. The molecule has 6 nitrogen and oxygen atoms in total. The summed E-state index contributed by atoms with van der Waals surface area (Å²) in [6, 6.07) is 17.9. The fourth-order valence-corrected chi connectivity index (χ4v) is 3.75. The molecule has 2 atom stereocenters. The first-order valence-corrected chi connectivity index (χ1v) is 11.2. The molecule has 1 fully saturated rings. The summed E-state index contributed by atoms with van der Waals surface area (Å²) < 4.78 is 6.12. The molecular formula is C25H34N4O2. The van der Waals surface area contributed by atoms with E-state index in [4.69, 9.17) is 9.73 Å². The summed E-state index contributed by atoms with van der Waals surface area (Å²) in [4.78, 5) is 16.9. The van der Waals surface area contributed by atoms with Crippen LogP contribution in [0.4, 0.5) is 0 Å². The number of carbonyl (C=O) groups excluding carboxylic acids is 1. The first-order chi connectivity index (χ1) is 15.2. The number of nitrogens with zero attached hydrogens (tertiary/aromatic N) is 1. The van der Waals surface area contributed by atoms with E-state index in [1.165, 1.54) is 11.1 Å². The van der Waals surface area contributed by atoms with Gasteiger partial charge >= 0.3 is 0 Å². The summed E-state index contributed by atoms with van der Waals surface area (Å²) in [7, 11) is 0. The van der Waals surface area contributed by atoms with Crippen LogP contribution in [0, 0.1) is 12.8 Å². The topological polar surface area (TPSA) is 74.8 Å². The lowest BCUT2D eigenvalue weighted by Gasteiger charge is -2.31. The molecule has 2 unspecified atom stereocenters. The normalized spacial score (nSPS) is 19.0. The number of hydrogen-bond acceptors (Lipinski definition) is 3. The van der Waals surface area contributed by atoms with Crippen LogP contribution in [0.25, 0.3) is 0 Å². The van der Waals surface area contributed by atoms with E-state index < -0.39 is 0 Å². The van der Waals surface area contributed by atoms with Crippen LogP contribution in [0.1, 0.15) is 47.4 Å². The van der Waals surface area contributed by atoms with Crippen LogP contribution < -0.4 is 16.0 Å². The van der Waals surface area contributed by atoms with Crippen molar-refractivity contribution in [2.75, 3.05) is 32.8 Å². The summed E-state index contributed by atoms with van der Waals surface area (Å²) in [5.74, 6) is 1.05. The fourth-order valence-electron chi connectivity index (χ4n) is 3.75. The van der Waals surface area contributed by atoms with E-state index in [2.05, 4.69) is 47.1 Å². The van der Waals surface area contributed by atoms with Gasteiger partial charge < -0.3 is 20.7 Å². The number of carbonyl (C=O) groups is 1. The third-order valence-corrected chi connectivity index (χ3v) is 5.42. The first-order valence-electron chi connectivity index (χ1n) is 11.2. The number of nitrogens with one attached hydrogen (secondary N) is 3. The van der Waals surface area contributed by atoms with Gasteiger partial charge in [-0.2, -0.15) is 0 Å². The molecule has 2 aromatic carbocycles. The van der Waals surface area contributed by atoms with E-state index >= 15 is 0 Å². The number of guanidine groups is 1. The highest BCUT2D eigenvalue weighted by Crippen LogP contribution is 2.33. The highest BCUT2D eigenvalue weighted by atomic mass is 16.5. The number of hydrogen-bond donors (Lipinski definition) is 3. The zero-order valence-corrected chi connectivity index (χ0v) is 18.6. The van der Waals surface area contributed by atoms with Crippen molar-refractivity contribution < 1.29 is 9.53 Å². The largest absolute Gasteiger partial charge is 0.373 e. The maximum Gasteiger partial charge on any atom is 0.251 e. The molecule has 1 aliphatic heterocycles. The summed E-state index contributed by atoms with van der Waals surface area (Å²) in [5, 5.41) is 9.53. The SMILES string of the molecule is CCNC(=NCC1CCCOC1c1ccc(C)cc1)NCCNC(=O)c1ccccc1. The summed E-state index contributed by atoms with van der Waals surface area (Å²) in [5.41, 5.74) is 3.15. The number of rotatable bonds is 8. The zero-order chi connectivity index (χ0) is 21.9. The Balaban J connectivity index is 1.51. The van der Waals surface area contributed by atoms with Crippen LogP contribution in [-0.4, -0.2) is 44.7 Å². The quantitative estimate of drug-likeness (QED) is 0.346. The Bertz CT molecular complexity index is 836. The molecule has 0 radical (unpaired) electrons. The van der Waals surface area contributed by atoms with Gasteiger partial charge in [0.1, 0.15) is 0 Å². The van der Waals surface area contributed by atoms with Crippen molar-refractivity contribution >= 4 is 11.9 Å². The lowest BCUT2D eigenvalue weighted by Crippen LogP contribution is -2.42. The van der Waals surface area contributed by atoms with Gasteiger partial charge in [0.2, 0.25) is 0 Å². The van der Waals surface area contributed by atoms with Crippen LogP contribution in [-0.2, 0) is 4.74 Å². The maximum atomic E-state index is 12.1. The Kier molecular flexibility index (Phi) is 8.91. The van der Waals surface area contributed by atoms with Crippen LogP contribution in [0.3, 0.4) is 0 Å². The third kappa shape index (κ3) is 7.10. The number of amides is 1. The van der Waals surface area contributed by atoms with E-state index in [9.17, 15) is 4.79 Å². The molecule has 2 aromatic rings. The summed E-state index contributed by atoms with van der Waals surface area (Å²) >= 11 is 0. The first kappa shape index (κ1) is 22.8. The number of aliphatic imine (C=N–C) groups is 1. The van der Waals surface area contributed by atoms with E-state index in [-0.39, 0.29) is 12.0 Å². The molecule has 166 valence electrons. The number of aryl methyl sites for hydroxylation is 1. The Labute approximate surface area is 185 Å². The second-order valence-electron chi connectivity index (χ2n) is 7.87. The predicted molar refractivity (Wildman–Crippen MR) is 125 cm³/mol. The van der Waals surface area contributed by atoms with Crippen molar-refractivity contribution in [2.24, 2.45) is 10.9 Å². The monoisotopic (exact) mass is 422 g/mol.